The number of carbonyl (C=O) groups is 1. The number of rotatable bonds is 4. The zero-order valence-electron chi connectivity index (χ0n) is 11.2. The molecular formula is C16H17N2O. The van der Waals surface area contributed by atoms with Gasteiger partial charge in [-0.15, -0.1) is 0 Å². The quantitative estimate of drug-likeness (QED) is 0.850. The lowest BCUT2D eigenvalue weighted by Crippen LogP contribution is -2.33. The zero-order valence-corrected chi connectivity index (χ0v) is 11.2. The maximum absolute atomic E-state index is 12.3. The third-order valence-corrected chi connectivity index (χ3v) is 2.91. The van der Waals surface area contributed by atoms with Crippen LogP contribution in [0.2, 0.25) is 0 Å². The number of aromatic nitrogens is 1. The van der Waals surface area contributed by atoms with E-state index in [1.54, 1.807) is 6.07 Å². The molecule has 3 heteroatoms. The number of carbonyl (C=O) groups excluding carboxylic acids is 1. The van der Waals surface area contributed by atoms with Crippen LogP contribution in [-0.4, -0.2) is 16.8 Å². The van der Waals surface area contributed by atoms with Gasteiger partial charge < -0.3 is 5.73 Å². The van der Waals surface area contributed by atoms with Gasteiger partial charge in [-0.2, -0.15) is 0 Å². The number of pyridine rings is 1. The maximum Gasteiger partial charge on any atom is 0.180 e. The number of hydrogen-bond acceptors (Lipinski definition) is 3. The van der Waals surface area contributed by atoms with Crippen LogP contribution in [0.3, 0.4) is 0 Å². The van der Waals surface area contributed by atoms with Gasteiger partial charge in [0.1, 0.15) is 0 Å². The minimum absolute atomic E-state index is 0.0857. The van der Waals surface area contributed by atoms with E-state index >= 15 is 0 Å². The zero-order chi connectivity index (χ0) is 13.8. The van der Waals surface area contributed by atoms with Gasteiger partial charge >= 0.3 is 0 Å². The van der Waals surface area contributed by atoms with Crippen LogP contribution >= 0.6 is 0 Å². The lowest BCUT2D eigenvalue weighted by Gasteiger charge is -2.11. The molecule has 0 saturated carbocycles. The van der Waals surface area contributed by atoms with Crippen molar-refractivity contribution in [2.45, 2.75) is 26.3 Å². The highest BCUT2D eigenvalue weighted by atomic mass is 16.1. The SMILES string of the molecule is Cc1[c]c(C(=O)[C@@H](N)Cc2ccccc2)cc(C)n1. The molecule has 1 heterocycles. The van der Waals surface area contributed by atoms with Gasteiger partial charge in [-0.05, 0) is 31.9 Å². The smallest absolute Gasteiger partial charge is 0.180 e. The van der Waals surface area contributed by atoms with Gasteiger partial charge in [-0.25, -0.2) is 0 Å². The number of nitrogens with zero attached hydrogens (tertiary/aromatic N) is 1. The van der Waals surface area contributed by atoms with Crippen molar-refractivity contribution in [3.05, 3.63) is 65.0 Å². The van der Waals surface area contributed by atoms with E-state index in [-0.39, 0.29) is 5.78 Å². The average Bonchev–Trinajstić information content (AvgIpc) is 2.37. The van der Waals surface area contributed by atoms with Gasteiger partial charge in [-0.1, -0.05) is 30.3 Å². The molecule has 0 saturated heterocycles. The first kappa shape index (κ1) is 13.4. The summed E-state index contributed by atoms with van der Waals surface area (Å²) in [6, 6.07) is 13.9. The predicted molar refractivity (Wildman–Crippen MR) is 75.0 cm³/mol. The Labute approximate surface area is 113 Å². The van der Waals surface area contributed by atoms with E-state index in [9.17, 15) is 4.79 Å². The molecule has 1 aromatic carbocycles. The Kier molecular flexibility index (Phi) is 4.07. The molecule has 2 aromatic rings. The summed E-state index contributed by atoms with van der Waals surface area (Å²) in [5.41, 5.74) is 9.10. The minimum Gasteiger partial charge on any atom is -0.321 e. The van der Waals surface area contributed by atoms with Crippen LogP contribution in [0.1, 0.15) is 27.3 Å². The van der Waals surface area contributed by atoms with E-state index in [0.717, 1.165) is 17.0 Å². The third kappa shape index (κ3) is 3.48. The number of hydrogen-bond donors (Lipinski definition) is 1. The van der Waals surface area contributed by atoms with Gasteiger partial charge in [0.25, 0.3) is 0 Å². The summed E-state index contributed by atoms with van der Waals surface area (Å²) in [5, 5.41) is 0. The van der Waals surface area contributed by atoms with Gasteiger partial charge in [0.15, 0.2) is 5.78 Å². The molecule has 0 aliphatic carbocycles. The van der Waals surface area contributed by atoms with Gasteiger partial charge in [-0.3, -0.25) is 9.78 Å². The summed E-state index contributed by atoms with van der Waals surface area (Å²) < 4.78 is 0. The summed E-state index contributed by atoms with van der Waals surface area (Å²) in [7, 11) is 0. The second-order valence-electron chi connectivity index (χ2n) is 4.68. The molecule has 1 atom stereocenters. The van der Waals surface area contributed by atoms with E-state index in [2.05, 4.69) is 11.1 Å². The van der Waals surface area contributed by atoms with Crippen LogP contribution in [0.4, 0.5) is 0 Å². The second-order valence-corrected chi connectivity index (χ2v) is 4.68. The van der Waals surface area contributed by atoms with E-state index in [0.29, 0.717) is 12.0 Å². The highest BCUT2D eigenvalue weighted by Crippen LogP contribution is 2.10. The lowest BCUT2D eigenvalue weighted by molar-refractivity contribution is 0.0960. The molecule has 97 valence electrons. The highest BCUT2D eigenvalue weighted by Gasteiger charge is 2.17. The van der Waals surface area contributed by atoms with Crippen molar-refractivity contribution >= 4 is 5.78 Å². The van der Waals surface area contributed by atoms with E-state index in [4.69, 9.17) is 5.73 Å². The Bertz CT molecular complexity index is 558. The Morgan fingerprint density at radius 3 is 2.63 bits per heavy atom. The molecule has 0 bridgehead atoms. The summed E-state index contributed by atoms with van der Waals surface area (Å²) in [5.74, 6) is -0.0857. The summed E-state index contributed by atoms with van der Waals surface area (Å²) in [6.45, 7) is 3.69. The monoisotopic (exact) mass is 253 g/mol. The standard InChI is InChI=1S/C16H17N2O/c1-11-8-14(9-12(2)18-11)16(19)15(17)10-13-6-4-3-5-7-13/h3-8,15H,10,17H2,1-2H3/t15-/m0/s1. The average molecular weight is 253 g/mol. The Morgan fingerprint density at radius 2 is 2.00 bits per heavy atom. The third-order valence-electron chi connectivity index (χ3n) is 2.91. The fourth-order valence-electron chi connectivity index (χ4n) is 2.06. The van der Waals surface area contributed by atoms with Crippen LogP contribution in [0.5, 0.6) is 0 Å². The van der Waals surface area contributed by atoms with Crippen molar-refractivity contribution in [1.82, 2.24) is 4.98 Å². The van der Waals surface area contributed by atoms with Crippen molar-refractivity contribution in [2.24, 2.45) is 5.73 Å². The maximum atomic E-state index is 12.3. The molecule has 3 nitrogen and oxygen atoms in total. The molecule has 0 aliphatic rings. The van der Waals surface area contributed by atoms with Crippen LogP contribution in [0, 0.1) is 19.9 Å². The molecule has 0 unspecified atom stereocenters. The van der Waals surface area contributed by atoms with Crippen LogP contribution in [-0.2, 0) is 6.42 Å². The molecule has 1 aromatic heterocycles. The fourth-order valence-corrected chi connectivity index (χ4v) is 2.06. The first-order valence-corrected chi connectivity index (χ1v) is 6.27. The second kappa shape index (κ2) is 5.76. The number of aryl methyl sites for hydroxylation is 2. The predicted octanol–water partition coefficient (Wildman–Crippen LogP) is 2.25. The number of Topliss-reactive ketones (excluding diaryl/α,β-unsaturated/α-hetero) is 1. The van der Waals surface area contributed by atoms with Crippen molar-refractivity contribution in [3.63, 3.8) is 0 Å². The number of benzene rings is 1. The molecular weight excluding hydrogens is 236 g/mol. The van der Waals surface area contributed by atoms with Crippen molar-refractivity contribution < 1.29 is 4.79 Å². The highest BCUT2D eigenvalue weighted by molar-refractivity contribution is 6.00. The topological polar surface area (TPSA) is 56.0 Å². The van der Waals surface area contributed by atoms with Crippen molar-refractivity contribution in [3.8, 4) is 0 Å². The molecule has 0 spiro atoms. The first-order chi connectivity index (χ1) is 9.06. The Balaban J connectivity index is 2.15. The van der Waals surface area contributed by atoms with E-state index in [1.807, 2.05) is 44.2 Å². The molecule has 0 amide bonds. The molecule has 2 N–H and O–H groups in total. The molecule has 0 aliphatic heterocycles. The molecule has 1 radical (unpaired) electrons. The van der Waals surface area contributed by atoms with Crippen molar-refractivity contribution in [1.29, 1.82) is 0 Å². The van der Waals surface area contributed by atoms with Crippen LogP contribution < -0.4 is 5.73 Å². The summed E-state index contributed by atoms with van der Waals surface area (Å²) >= 11 is 0. The molecule has 19 heavy (non-hydrogen) atoms. The minimum atomic E-state index is -0.542. The van der Waals surface area contributed by atoms with Crippen molar-refractivity contribution in [2.75, 3.05) is 0 Å². The van der Waals surface area contributed by atoms with Crippen LogP contribution in [0.15, 0.2) is 36.4 Å². The van der Waals surface area contributed by atoms with Gasteiger partial charge in [0.05, 0.1) is 6.04 Å². The van der Waals surface area contributed by atoms with E-state index in [1.165, 1.54) is 0 Å². The fraction of sp³-hybridized carbons (Fsp3) is 0.250. The largest absolute Gasteiger partial charge is 0.321 e. The number of ketones is 1. The Hall–Kier alpha value is -2.00. The normalized spacial score (nSPS) is 12.2. The molecule has 2 rings (SSSR count). The van der Waals surface area contributed by atoms with Gasteiger partial charge in [0, 0.05) is 23.0 Å². The lowest BCUT2D eigenvalue weighted by atomic mass is 9.98. The van der Waals surface area contributed by atoms with Gasteiger partial charge in [0.2, 0.25) is 0 Å². The molecule has 0 fully saturated rings. The van der Waals surface area contributed by atoms with Crippen LogP contribution in [0.25, 0.3) is 0 Å². The first-order valence-electron chi connectivity index (χ1n) is 6.27. The van der Waals surface area contributed by atoms with E-state index < -0.39 is 6.04 Å². The number of nitrogens with two attached hydrogens (primary N) is 1. The summed E-state index contributed by atoms with van der Waals surface area (Å²) in [4.78, 5) is 16.5. The summed E-state index contributed by atoms with van der Waals surface area (Å²) in [6.07, 6.45) is 0.536. The Morgan fingerprint density at radius 1 is 1.32 bits per heavy atom.